The van der Waals surface area contributed by atoms with E-state index in [1.54, 1.807) is 7.11 Å². The standard InChI is InChI=1S/C14H22N2O2/c1-3-18-13-5-4-12(10-14(13)17-2)11-16-8-6-15-7-9-16/h4-5,10,15H,3,6-9,11H2,1-2H3. The van der Waals surface area contributed by atoms with E-state index in [0.29, 0.717) is 6.61 Å². The minimum absolute atomic E-state index is 0.660. The van der Waals surface area contributed by atoms with E-state index in [4.69, 9.17) is 9.47 Å². The first-order chi connectivity index (χ1) is 8.83. The van der Waals surface area contributed by atoms with Gasteiger partial charge >= 0.3 is 0 Å². The molecule has 2 rings (SSSR count). The second-order valence-corrected chi connectivity index (χ2v) is 4.44. The summed E-state index contributed by atoms with van der Waals surface area (Å²) in [7, 11) is 1.69. The van der Waals surface area contributed by atoms with Crippen LogP contribution in [0.2, 0.25) is 0 Å². The van der Waals surface area contributed by atoms with E-state index in [1.807, 2.05) is 13.0 Å². The summed E-state index contributed by atoms with van der Waals surface area (Å²) in [4.78, 5) is 2.45. The van der Waals surface area contributed by atoms with Crippen molar-refractivity contribution in [3.05, 3.63) is 23.8 Å². The fraction of sp³-hybridized carbons (Fsp3) is 0.571. The number of rotatable bonds is 5. The van der Waals surface area contributed by atoms with Crippen molar-refractivity contribution in [2.75, 3.05) is 39.9 Å². The maximum Gasteiger partial charge on any atom is 0.161 e. The molecular formula is C14H22N2O2. The molecule has 18 heavy (non-hydrogen) atoms. The minimum Gasteiger partial charge on any atom is -0.493 e. The molecule has 1 aromatic rings. The zero-order valence-electron chi connectivity index (χ0n) is 11.2. The second kappa shape index (κ2) is 6.61. The van der Waals surface area contributed by atoms with Gasteiger partial charge in [-0.2, -0.15) is 0 Å². The number of methoxy groups -OCH3 is 1. The summed E-state index contributed by atoms with van der Waals surface area (Å²) in [5.74, 6) is 1.65. The quantitative estimate of drug-likeness (QED) is 0.858. The molecule has 0 atom stereocenters. The van der Waals surface area contributed by atoms with Crippen LogP contribution in [0.4, 0.5) is 0 Å². The van der Waals surface area contributed by atoms with E-state index in [1.165, 1.54) is 5.56 Å². The van der Waals surface area contributed by atoms with Crippen molar-refractivity contribution in [3.63, 3.8) is 0 Å². The van der Waals surface area contributed by atoms with Crippen LogP contribution in [0.3, 0.4) is 0 Å². The summed E-state index contributed by atoms with van der Waals surface area (Å²) in [5, 5.41) is 3.36. The molecule has 1 aliphatic rings. The van der Waals surface area contributed by atoms with E-state index in [-0.39, 0.29) is 0 Å². The van der Waals surface area contributed by atoms with Crippen LogP contribution >= 0.6 is 0 Å². The fourth-order valence-corrected chi connectivity index (χ4v) is 2.21. The topological polar surface area (TPSA) is 33.7 Å². The molecule has 0 aliphatic carbocycles. The number of hydrogen-bond donors (Lipinski definition) is 1. The average molecular weight is 250 g/mol. The van der Waals surface area contributed by atoms with E-state index < -0.39 is 0 Å². The van der Waals surface area contributed by atoms with E-state index in [9.17, 15) is 0 Å². The summed E-state index contributed by atoms with van der Waals surface area (Å²) in [5.41, 5.74) is 1.28. The number of piperazine rings is 1. The SMILES string of the molecule is CCOc1ccc(CN2CCNCC2)cc1OC. The molecule has 1 fully saturated rings. The number of nitrogens with zero attached hydrogens (tertiary/aromatic N) is 1. The van der Waals surface area contributed by atoms with Crippen molar-refractivity contribution in [2.24, 2.45) is 0 Å². The summed E-state index contributed by atoms with van der Waals surface area (Å²) < 4.78 is 10.9. The zero-order valence-corrected chi connectivity index (χ0v) is 11.2. The predicted octanol–water partition coefficient (Wildman–Crippen LogP) is 1.50. The highest BCUT2D eigenvalue weighted by molar-refractivity contribution is 5.42. The first-order valence-corrected chi connectivity index (χ1v) is 6.56. The van der Waals surface area contributed by atoms with Crippen molar-refractivity contribution in [2.45, 2.75) is 13.5 Å². The van der Waals surface area contributed by atoms with Crippen LogP contribution in [0, 0.1) is 0 Å². The maximum absolute atomic E-state index is 5.52. The molecule has 100 valence electrons. The lowest BCUT2D eigenvalue weighted by atomic mass is 10.1. The van der Waals surface area contributed by atoms with Crippen LogP contribution in [0.1, 0.15) is 12.5 Å². The van der Waals surface area contributed by atoms with E-state index >= 15 is 0 Å². The molecular weight excluding hydrogens is 228 g/mol. The molecule has 0 saturated carbocycles. The molecule has 1 N–H and O–H groups in total. The highest BCUT2D eigenvalue weighted by Crippen LogP contribution is 2.28. The van der Waals surface area contributed by atoms with Crippen molar-refractivity contribution < 1.29 is 9.47 Å². The molecule has 0 unspecified atom stereocenters. The second-order valence-electron chi connectivity index (χ2n) is 4.44. The Morgan fingerprint density at radius 1 is 1.22 bits per heavy atom. The number of ether oxygens (including phenoxy) is 2. The van der Waals surface area contributed by atoms with Crippen LogP contribution in [-0.2, 0) is 6.54 Å². The van der Waals surface area contributed by atoms with Gasteiger partial charge in [-0.1, -0.05) is 6.07 Å². The van der Waals surface area contributed by atoms with Gasteiger partial charge < -0.3 is 14.8 Å². The molecule has 4 nitrogen and oxygen atoms in total. The number of nitrogens with one attached hydrogen (secondary N) is 1. The van der Waals surface area contributed by atoms with Gasteiger partial charge in [-0.15, -0.1) is 0 Å². The molecule has 1 aromatic carbocycles. The molecule has 0 bridgehead atoms. The molecule has 1 heterocycles. The van der Waals surface area contributed by atoms with Gasteiger partial charge in [-0.3, -0.25) is 4.90 Å². The van der Waals surface area contributed by atoms with Gasteiger partial charge in [0, 0.05) is 32.7 Å². The molecule has 0 radical (unpaired) electrons. The number of benzene rings is 1. The smallest absolute Gasteiger partial charge is 0.161 e. The van der Waals surface area contributed by atoms with Gasteiger partial charge in [0.05, 0.1) is 13.7 Å². The van der Waals surface area contributed by atoms with Crippen molar-refractivity contribution in [3.8, 4) is 11.5 Å². The van der Waals surface area contributed by atoms with Gasteiger partial charge in [0.2, 0.25) is 0 Å². The molecule has 1 saturated heterocycles. The molecule has 4 heteroatoms. The first-order valence-electron chi connectivity index (χ1n) is 6.56. The van der Waals surface area contributed by atoms with E-state index in [0.717, 1.165) is 44.2 Å². The van der Waals surface area contributed by atoms with Gasteiger partial charge in [0.15, 0.2) is 11.5 Å². The van der Waals surface area contributed by atoms with Gasteiger partial charge in [-0.05, 0) is 24.6 Å². The largest absolute Gasteiger partial charge is 0.493 e. The summed E-state index contributed by atoms with van der Waals surface area (Å²) in [6.45, 7) is 7.99. The minimum atomic E-state index is 0.660. The lowest BCUT2D eigenvalue weighted by Crippen LogP contribution is -2.42. The fourth-order valence-electron chi connectivity index (χ4n) is 2.21. The molecule has 0 amide bonds. The van der Waals surface area contributed by atoms with Crippen LogP contribution < -0.4 is 14.8 Å². The van der Waals surface area contributed by atoms with Crippen LogP contribution in [-0.4, -0.2) is 44.8 Å². The highest BCUT2D eigenvalue weighted by Gasteiger charge is 2.11. The van der Waals surface area contributed by atoms with Crippen molar-refractivity contribution in [1.82, 2.24) is 10.2 Å². The Labute approximate surface area is 109 Å². The Bertz CT molecular complexity index is 376. The highest BCUT2D eigenvalue weighted by atomic mass is 16.5. The van der Waals surface area contributed by atoms with Crippen molar-refractivity contribution >= 4 is 0 Å². The third-order valence-corrected chi connectivity index (χ3v) is 3.14. The summed E-state index contributed by atoms with van der Waals surface area (Å²) in [6, 6.07) is 6.20. The zero-order chi connectivity index (χ0) is 12.8. The molecule has 0 spiro atoms. The molecule has 1 aliphatic heterocycles. The average Bonchev–Trinajstić information content (AvgIpc) is 2.42. The van der Waals surface area contributed by atoms with Crippen LogP contribution in [0.25, 0.3) is 0 Å². The Morgan fingerprint density at radius 2 is 2.00 bits per heavy atom. The molecule has 0 aromatic heterocycles. The lowest BCUT2D eigenvalue weighted by molar-refractivity contribution is 0.232. The van der Waals surface area contributed by atoms with Gasteiger partial charge in [-0.25, -0.2) is 0 Å². The van der Waals surface area contributed by atoms with Crippen molar-refractivity contribution in [1.29, 1.82) is 0 Å². The Balaban J connectivity index is 2.04. The summed E-state index contributed by atoms with van der Waals surface area (Å²) in [6.07, 6.45) is 0. The third kappa shape index (κ3) is 3.37. The monoisotopic (exact) mass is 250 g/mol. The van der Waals surface area contributed by atoms with Gasteiger partial charge in [0.1, 0.15) is 0 Å². The Hall–Kier alpha value is -1.26. The third-order valence-electron chi connectivity index (χ3n) is 3.14. The van der Waals surface area contributed by atoms with E-state index in [2.05, 4.69) is 22.3 Å². The first kappa shape index (κ1) is 13.2. The lowest BCUT2D eigenvalue weighted by Gasteiger charge is -2.27. The Kier molecular flexibility index (Phi) is 4.84. The van der Waals surface area contributed by atoms with Gasteiger partial charge in [0.25, 0.3) is 0 Å². The van der Waals surface area contributed by atoms with Crippen LogP contribution in [0.5, 0.6) is 11.5 Å². The summed E-state index contributed by atoms with van der Waals surface area (Å²) >= 11 is 0. The number of hydrogen-bond acceptors (Lipinski definition) is 4. The predicted molar refractivity (Wildman–Crippen MR) is 72.3 cm³/mol. The van der Waals surface area contributed by atoms with Crippen LogP contribution in [0.15, 0.2) is 18.2 Å². The normalized spacial score (nSPS) is 16.6. The maximum atomic E-state index is 5.52. The Morgan fingerprint density at radius 3 is 2.67 bits per heavy atom.